The second-order valence-electron chi connectivity index (χ2n) is 2.24. The van der Waals surface area contributed by atoms with Crippen LogP contribution in [-0.2, 0) is 0 Å². The summed E-state index contributed by atoms with van der Waals surface area (Å²) in [6.07, 6.45) is 0. The van der Waals surface area contributed by atoms with Crippen molar-refractivity contribution in [2.75, 3.05) is 0 Å². The number of aromatic carboxylic acids is 1. The number of carboxylic acid groups (broad SMARTS) is 1. The maximum atomic E-state index is 12.9. The first-order valence-electron chi connectivity index (χ1n) is 3.18. The van der Waals surface area contributed by atoms with Gasteiger partial charge in [-0.25, -0.2) is 9.18 Å². The summed E-state index contributed by atoms with van der Waals surface area (Å²) in [5.74, 6) is -2.15. The van der Waals surface area contributed by atoms with E-state index in [9.17, 15) is 9.18 Å². The van der Waals surface area contributed by atoms with E-state index in [1.54, 1.807) is 0 Å². The molecule has 0 unspecified atom stereocenters. The van der Waals surface area contributed by atoms with Crippen molar-refractivity contribution < 1.29 is 14.3 Å². The Hall–Kier alpha value is -1.60. The average molecular weight is 200 g/mol. The van der Waals surface area contributed by atoms with Gasteiger partial charge in [0, 0.05) is 0 Å². The normalized spacial score (nSPS) is 9.31. The second-order valence-corrected chi connectivity index (χ2v) is 2.64. The lowest BCUT2D eigenvalue weighted by Crippen LogP contribution is -1.98. The number of carbonyl (C=O) groups is 1. The maximum Gasteiger partial charge on any atom is 0.335 e. The molecule has 0 amide bonds. The molecule has 5 heteroatoms. The first kappa shape index (κ1) is 9.49. The summed E-state index contributed by atoms with van der Waals surface area (Å²) < 4.78 is 12.9. The summed E-state index contributed by atoms with van der Waals surface area (Å²) in [5.41, 5.74) is -0.576. The molecule has 0 spiro atoms. The SMILES string of the molecule is N#Cc1cc(C(=O)O)cc(Cl)c1F. The van der Waals surface area contributed by atoms with Crippen molar-refractivity contribution in [2.24, 2.45) is 0 Å². The van der Waals surface area contributed by atoms with Gasteiger partial charge < -0.3 is 5.11 Å². The average Bonchev–Trinajstić information content (AvgIpc) is 2.09. The molecule has 0 fully saturated rings. The summed E-state index contributed by atoms with van der Waals surface area (Å²) in [6, 6.07) is 3.40. The summed E-state index contributed by atoms with van der Waals surface area (Å²) in [4.78, 5) is 10.4. The van der Waals surface area contributed by atoms with Crippen molar-refractivity contribution in [2.45, 2.75) is 0 Å². The third-order valence-electron chi connectivity index (χ3n) is 1.40. The number of nitriles is 1. The van der Waals surface area contributed by atoms with E-state index in [4.69, 9.17) is 22.0 Å². The number of rotatable bonds is 1. The number of halogens is 2. The molecule has 0 atom stereocenters. The minimum atomic E-state index is -1.25. The Bertz CT molecular complexity index is 411. The van der Waals surface area contributed by atoms with Crippen LogP contribution in [0.5, 0.6) is 0 Å². The van der Waals surface area contributed by atoms with Gasteiger partial charge in [-0.2, -0.15) is 5.26 Å². The number of hydrogen-bond acceptors (Lipinski definition) is 2. The molecule has 0 saturated heterocycles. The van der Waals surface area contributed by atoms with Crippen LogP contribution in [0.15, 0.2) is 12.1 Å². The number of carboxylic acids is 1. The Morgan fingerprint density at radius 2 is 2.23 bits per heavy atom. The van der Waals surface area contributed by atoms with Crippen molar-refractivity contribution in [1.82, 2.24) is 0 Å². The molecule has 0 aliphatic heterocycles. The van der Waals surface area contributed by atoms with E-state index in [1.165, 1.54) is 6.07 Å². The van der Waals surface area contributed by atoms with Gasteiger partial charge in [0.2, 0.25) is 0 Å². The third-order valence-corrected chi connectivity index (χ3v) is 1.67. The van der Waals surface area contributed by atoms with Gasteiger partial charge in [-0.3, -0.25) is 0 Å². The van der Waals surface area contributed by atoms with Gasteiger partial charge in [-0.1, -0.05) is 11.6 Å². The molecule has 1 aromatic rings. The Morgan fingerprint density at radius 1 is 1.62 bits per heavy atom. The topological polar surface area (TPSA) is 61.1 Å². The van der Waals surface area contributed by atoms with Crippen LogP contribution in [0.2, 0.25) is 5.02 Å². The monoisotopic (exact) mass is 199 g/mol. The molecule has 3 nitrogen and oxygen atoms in total. The van der Waals surface area contributed by atoms with Crippen molar-refractivity contribution in [3.8, 4) is 6.07 Å². The lowest BCUT2D eigenvalue weighted by atomic mass is 10.1. The van der Waals surface area contributed by atoms with Crippen LogP contribution in [0, 0.1) is 17.1 Å². The van der Waals surface area contributed by atoms with E-state index >= 15 is 0 Å². The fourth-order valence-electron chi connectivity index (χ4n) is 0.794. The zero-order valence-electron chi connectivity index (χ0n) is 6.21. The molecule has 1 rings (SSSR count). The van der Waals surface area contributed by atoms with Crippen LogP contribution in [0.3, 0.4) is 0 Å². The van der Waals surface area contributed by atoms with E-state index < -0.39 is 11.8 Å². The highest BCUT2D eigenvalue weighted by atomic mass is 35.5. The minimum absolute atomic E-state index is 0.206. The van der Waals surface area contributed by atoms with Crippen molar-refractivity contribution in [3.05, 3.63) is 34.1 Å². The van der Waals surface area contributed by atoms with Crippen LogP contribution < -0.4 is 0 Å². The summed E-state index contributed by atoms with van der Waals surface area (Å²) >= 11 is 5.35. The molecular weight excluding hydrogens is 197 g/mol. The standard InChI is InChI=1S/C8H3ClFNO2/c9-6-2-4(8(12)13)1-5(3-11)7(6)10/h1-2H,(H,12,13). The summed E-state index contributed by atoms with van der Waals surface area (Å²) in [5, 5.41) is 16.6. The predicted molar refractivity (Wildman–Crippen MR) is 43.1 cm³/mol. The van der Waals surface area contributed by atoms with Crippen LogP contribution in [0.4, 0.5) is 4.39 Å². The minimum Gasteiger partial charge on any atom is -0.478 e. The van der Waals surface area contributed by atoms with Crippen LogP contribution in [0.1, 0.15) is 15.9 Å². The smallest absolute Gasteiger partial charge is 0.335 e. The molecule has 0 heterocycles. The van der Waals surface area contributed by atoms with Crippen LogP contribution in [0.25, 0.3) is 0 Å². The number of benzene rings is 1. The Balaban J connectivity index is 3.41. The zero-order valence-corrected chi connectivity index (χ0v) is 6.97. The van der Waals surface area contributed by atoms with E-state index in [0.29, 0.717) is 0 Å². The molecule has 0 bridgehead atoms. The molecule has 1 aromatic carbocycles. The highest BCUT2D eigenvalue weighted by Gasteiger charge is 2.12. The van der Waals surface area contributed by atoms with Crippen LogP contribution in [-0.4, -0.2) is 11.1 Å². The molecular formula is C8H3ClFNO2. The Morgan fingerprint density at radius 3 is 2.69 bits per heavy atom. The molecule has 1 N–H and O–H groups in total. The Labute approximate surface area is 78.0 Å². The molecule has 0 aliphatic carbocycles. The number of nitrogens with zero attached hydrogens (tertiary/aromatic N) is 1. The van der Waals surface area contributed by atoms with Crippen molar-refractivity contribution in [3.63, 3.8) is 0 Å². The lowest BCUT2D eigenvalue weighted by molar-refractivity contribution is 0.0697. The highest BCUT2D eigenvalue weighted by Crippen LogP contribution is 2.20. The lowest BCUT2D eigenvalue weighted by Gasteiger charge is -1.98. The maximum absolute atomic E-state index is 12.9. The van der Waals surface area contributed by atoms with Gasteiger partial charge in [0.25, 0.3) is 0 Å². The first-order chi connectivity index (χ1) is 6.06. The van der Waals surface area contributed by atoms with Gasteiger partial charge in [-0.15, -0.1) is 0 Å². The van der Waals surface area contributed by atoms with E-state index in [1.807, 2.05) is 0 Å². The predicted octanol–water partition coefficient (Wildman–Crippen LogP) is 2.05. The summed E-state index contributed by atoms with van der Waals surface area (Å²) in [7, 11) is 0. The summed E-state index contributed by atoms with van der Waals surface area (Å²) in [6.45, 7) is 0. The van der Waals surface area contributed by atoms with Gasteiger partial charge in [-0.05, 0) is 12.1 Å². The quantitative estimate of drug-likeness (QED) is 0.753. The van der Waals surface area contributed by atoms with E-state index in [0.717, 1.165) is 12.1 Å². The van der Waals surface area contributed by atoms with Gasteiger partial charge in [0.1, 0.15) is 6.07 Å². The van der Waals surface area contributed by atoms with Gasteiger partial charge >= 0.3 is 5.97 Å². The zero-order chi connectivity index (χ0) is 10.0. The van der Waals surface area contributed by atoms with Crippen molar-refractivity contribution in [1.29, 1.82) is 5.26 Å². The van der Waals surface area contributed by atoms with Gasteiger partial charge in [0.15, 0.2) is 5.82 Å². The molecule has 13 heavy (non-hydrogen) atoms. The molecule has 66 valence electrons. The van der Waals surface area contributed by atoms with Gasteiger partial charge in [0.05, 0.1) is 16.1 Å². The van der Waals surface area contributed by atoms with E-state index in [-0.39, 0.29) is 16.1 Å². The molecule has 0 aliphatic rings. The fraction of sp³-hybridized carbons (Fsp3) is 0. The highest BCUT2D eigenvalue weighted by molar-refractivity contribution is 6.31. The van der Waals surface area contributed by atoms with E-state index in [2.05, 4.69) is 0 Å². The Kier molecular flexibility index (Phi) is 2.49. The van der Waals surface area contributed by atoms with Crippen molar-refractivity contribution >= 4 is 17.6 Å². The van der Waals surface area contributed by atoms with Crippen LogP contribution >= 0.6 is 11.6 Å². The molecule has 0 aromatic heterocycles. The molecule has 0 radical (unpaired) electrons. The first-order valence-corrected chi connectivity index (χ1v) is 3.56. The third kappa shape index (κ3) is 1.76. The number of hydrogen-bond donors (Lipinski definition) is 1. The second kappa shape index (κ2) is 3.42. The largest absolute Gasteiger partial charge is 0.478 e. The molecule has 0 saturated carbocycles. The fourth-order valence-corrected chi connectivity index (χ4v) is 1.01.